The van der Waals surface area contributed by atoms with Crippen LogP contribution < -0.4 is 30.6 Å². The number of pyridine rings is 2. The minimum absolute atomic E-state index is 0.0435. The Morgan fingerprint density at radius 2 is 1.83 bits per heavy atom. The van der Waals surface area contributed by atoms with Gasteiger partial charge in [-0.25, -0.2) is 19.3 Å². The third kappa shape index (κ3) is 6.63. The molecule has 1 saturated carbocycles. The van der Waals surface area contributed by atoms with Crippen molar-refractivity contribution < 1.29 is 23.7 Å². The Bertz CT molecular complexity index is 1810. The van der Waals surface area contributed by atoms with Crippen LogP contribution in [-0.4, -0.2) is 71.8 Å². The Morgan fingerprint density at radius 3 is 2.55 bits per heavy atom. The summed E-state index contributed by atoms with van der Waals surface area (Å²) in [6.45, 7) is 4.55. The third-order valence-electron chi connectivity index (χ3n) is 9.32. The minimum Gasteiger partial charge on any atom is -0.497 e. The summed E-state index contributed by atoms with van der Waals surface area (Å²) >= 11 is 0. The number of hydrogen-bond acceptors (Lipinski definition) is 10. The zero-order valence-electron chi connectivity index (χ0n) is 27.8. The number of nitrogens with one attached hydrogen (secondary N) is 2. The Kier molecular flexibility index (Phi) is 9.37. The molecule has 0 radical (unpaired) electrons. The van der Waals surface area contributed by atoms with E-state index in [0.29, 0.717) is 46.4 Å². The fourth-order valence-electron chi connectivity index (χ4n) is 6.35. The Morgan fingerprint density at radius 1 is 1.04 bits per heavy atom. The molecule has 0 unspecified atom stereocenters. The van der Waals surface area contributed by atoms with Crippen molar-refractivity contribution in [3.63, 3.8) is 0 Å². The largest absolute Gasteiger partial charge is 0.497 e. The van der Waals surface area contributed by atoms with Gasteiger partial charge in [0.25, 0.3) is 5.56 Å². The highest BCUT2D eigenvalue weighted by atomic mass is 16.5. The first-order chi connectivity index (χ1) is 22.7. The molecule has 250 valence electrons. The summed E-state index contributed by atoms with van der Waals surface area (Å²) in [6.07, 6.45) is 6.74. The number of benzene rings is 1. The number of fused-ring (bicyclic) bond motifs is 3. The van der Waals surface area contributed by atoms with E-state index in [2.05, 4.69) is 15.6 Å². The van der Waals surface area contributed by atoms with Crippen LogP contribution >= 0.6 is 0 Å². The van der Waals surface area contributed by atoms with Crippen LogP contribution in [-0.2, 0) is 22.6 Å². The van der Waals surface area contributed by atoms with Crippen molar-refractivity contribution in [3.8, 4) is 11.5 Å². The Labute approximate surface area is 273 Å². The first kappa shape index (κ1) is 32.3. The van der Waals surface area contributed by atoms with E-state index in [4.69, 9.17) is 23.9 Å². The number of carbonyl (C=O) groups excluding carboxylic acids is 1. The number of amides is 1. The predicted octanol–water partition coefficient (Wildman–Crippen LogP) is 4.99. The molecule has 4 aromatic rings. The summed E-state index contributed by atoms with van der Waals surface area (Å²) < 4.78 is 26.0. The molecule has 1 amide bonds. The van der Waals surface area contributed by atoms with E-state index in [0.717, 1.165) is 36.8 Å². The highest BCUT2D eigenvalue weighted by Gasteiger charge is 2.26. The molecule has 6 rings (SSSR count). The first-order valence-electron chi connectivity index (χ1n) is 16.0. The molecule has 4 heterocycles. The molecule has 1 aliphatic heterocycles. The second-order valence-electron chi connectivity index (χ2n) is 12.4. The number of hydrogen-bond donors (Lipinski definition) is 2. The van der Waals surface area contributed by atoms with Crippen LogP contribution in [0.25, 0.3) is 11.2 Å². The van der Waals surface area contributed by atoms with Gasteiger partial charge in [-0.1, -0.05) is 0 Å². The summed E-state index contributed by atoms with van der Waals surface area (Å²) in [5, 5.41) is 6.34. The fourth-order valence-corrected chi connectivity index (χ4v) is 6.35. The monoisotopic (exact) mass is 645 g/mol. The summed E-state index contributed by atoms with van der Waals surface area (Å²) in [6, 6.07) is 8.70. The molecular weight excluding hydrogens is 602 g/mol. The highest BCUT2D eigenvalue weighted by molar-refractivity contribution is 5.95. The van der Waals surface area contributed by atoms with Gasteiger partial charge in [-0.3, -0.25) is 4.79 Å². The van der Waals surface area contributed by atoms with Crippen LogP contribution in [0.2, 0.25) is 0 Å². The van der Waals surface area contributed by atoms with Crippen molar-refractivity contribution in [2.24, 2.45) is 0 Å². The van der Waals surface area contributed by atoms with Crippen molar-refractivity contribution in [2.45, 2.75) is 77.0 Å². The number of nitrogens with zero attached hydrogens (tertiary/aromatic N) is 5. The average Bonchev–Trinajstić information content (AvgIpc) is 3.52. The number of imidazole rings is 1. The highest BCUT2D eigenvalue weighted by Crippen LogP contribution is 2.33. The smallest absolute Gasteiger partial charge is 0.328 e. The van der Waals surface area contributed by atoms with Gasteiger partial charge >= 0.3 is 6.03 Å². The molecule has 0 spiro atoms. The summed E-state index contributed by atoms with van der Waals surface area (Å²) in [7, 11) is 6.91. The molecule has 13 nitrogen and oxygen atoms in total. The Hall–Kier alpha value is -4.62. The maximum atomic E-state index is 14.0. The van der Waals surface area contributed by atoms with E-state index in [1.54, 1.807) is 21.3 Å². The van der Waals surface area contributed by atoms with Gasteiger partial charge in [-0.2, -0.15) is 0 Å². The topological polar surface area (TPSA) is 134 Å². The van der Waals surface area contributed by atoms with E-state index in [1.165, 1.54) is 10.9 Å². The second-order valence-corrected chi connectivity index (χ2v) is 12.4. The molecule has 13 heteroatoms. The number of methoxy groups -OCH3 is 3. The normalized spacial score (nSPS) is 21.5. The van der Waals surface area contributed by atoms with E-state index in [1.807, 2.05) is 66.9 Å². The second kappa shape index (κ2) is 13.6. The molecule has 2 atom stereocenters. The summed E-state index contributed by atoms with van der Waals surface area (Å²) in [4.78, 5) is 39.0. The molecule has 0 saturated heterocycles. The van der Waals surface area contributed by atoms with Gasteiger partial charge in [0, 0.05) is 50.6 Å². The SMILES string of the molecule is COc1ccc(CN(C)c2cc3nc4c2ncn4C(=O)N[C@H](C)[C@@H](C)OCc2cc(c(=O)n(C4CCC(OC)CC4)c2)N3)c(OC)c1. The van der Waals surface area contributed by atoms with E-state index in [9.17, 15) is 9.59 Å². The van der Waals surface area contributed by atoms with Crippen molar-refractivity contribution in [1.82, 2.24) is 24.4 Å². The quantitative estimate of drug-likeness (QED) is 0.283. The lowest BCUT2D eigenvalue weighted by Crippen LogP contribution is -2.43. The lowest BCUT2D eigenvalue weighted by Gasteiger charge is -2.30. The van der Waals surface area contributed by atoms with Crippen LogP contribution in [0.15, 0.2) is 47.7 Å². The zero-order chi connectivity index (χ0) is 33.2. The molecule has 2 N–H and O–H groups in total. The third-order valence-corrected chi connectivity index (χ3v) is 9.32. The summed E-state index contributed by atoms with van der Waals surface area (Å²) in [5.74, 6) is 1.78. The molecular formula is C34H43N7O6. The number of aromatic nitrogens is 4. The van der Waals surface area contributed by atoms with Crippen LogP contribution in [0.5, 0.6) is 11.5 Å². The molecule has 2 aliphatic rings. The van der Waals surface area contributed by atoms with Gasteiger partial charge in [-0.15, -0.1) is 0 Å². The van der Waals surface area contributed by atoms with Gasteiger partial charge in [-0.05, 0) is 63.3 Å². The zero-order valence-corrected chi connectivity index (χ0v) is 27.8. The van der Waals surface area contributed by atoms with Crippen molar-refractivity contribution in [3.05, 3.63) is 64.3 Å². The lowest BCUT2D eigenvalue weighted by atomic mass is 9.92. The lowest BCUT2D eigenvalue weighted by molar-refractivity contribution is 0.0331. The average molecular weight is 646 g/mol. The van der Waals surface area contributed by atoms with Crippen LogP contribution in [0.3, 0.4) is 0 Å². The number of anilines is 3. The number of rotatable bonds is 7. The molecule has 1 fully saturated rings. The first-order valence-corrected chi connectivity index (χ1v) is 16.0. The maximum absolute atomic E-state index is 14.0. The predicted molar refractivity (Wildman–Crippen MR) is 179 cm³/mol. The van der Waals surface area contributed by atoms with Crippen LogP contribution in [0, 0.1) is 0 Å². The van der Waals surface area contributed by atoms with E-state index in [-0.39, 0.29) is 42.5 Å². The van der Waals surface area contributed by atoms with Crippen LogP contribution in [0.4, 0.5) is 22.0 Å². The van der Waals surface area contributed by atoms with Gasteiger partial charge in [0.2, 0.25) is 0 Å². The van der Waals surface area contributed by atoms with Gasteiger partial charge < -0.3 is 39.0 Å². The van der Waals surface area contributed by atoms with Crippen molar-refractivity contribution in [2.75, 3.05) is 38.6 Å². The standard InChI is InChI=1S/C34H43N7O6/c1-20-21(2)47-18-22-13-27(33(42)40(16-22)24-8-11-25(44-4)12-9-24)37-30-15-28(31-32(38-30)41(19-35-31)34(43)36-20)39(3)17-23-7-10-26(45-5)14-29(23)46-6/h7,10,13-16,19-21,24-25H,8-9,11-12,17-18H2,1-6H3,(H,36,43)(H,37,38)/t20-,21-,24?,25?/m1/s1. The van der Waals surface area contributed by atoms with E-state index < -0.39 is 0 Å². The molecule has 4 bridgehead atoms. The number of carbonyl (C=O) groups is 1. The molecule has 1 aliphatic carbocycles. The minimum atomic E-state index is -0.380. The van der Waals surface area contributed by atoms with Gasteiger partial charge in [0.15, 0.2) is 5.65 Å². The van der Waals surface area contributed by atoms with Gasteiger partial charge in [0.1, 0.15) is 34.8 Å². The summed E-state index contributed by atoms with van der Waals surface area (Å²) in [5.41, 5.74) is 3.61. The van der Waals surface area contributed by atoms with Crippen molar-refractivity contribution in [1.29, 1.82) is 0 Å². The molecule has 1 aromatic carbocycles. The number of ether oxygens (including phenoxy) is 4. The van der Waals surface area contributed by atoms with Crippen molar-refractivity contribution >= 4 is 34.4 Å². The Balaban J connectivity index is 1.45. The van der Waals surface area contributed by atoms with E-state index >= 15 is 0 Å². The maximum Gasteiger partial charge on any atom is 0.328 e. The molecule has 47 heavy (non-hydrogen) atoms. The van der Waals surface area contributed by atoms with Gasteiger partial charge in [0.05, 0.1) is 44.8 Å². The van der Waals surface area contributed by atoms with Crippen LogP contribution in [0.1, 0.15) is 56.7 Å². The molecule has 3 aromatic heterocycles. The fraction of sp³-hybridized carbons (Fsp3) is 0.471.